The van der Waals surface area contributed by atoms with Crippen LogP contribution in [0.25, 0.3) is 11.3 Å². The van der Waals surface area contributed by atoms with E-state index in [1.165, 1.54) is 6.92 Å². The second-order valence-electron chi connectivity index (χ2n) is 4.41. The molecule has 20 heavy (non-hydrogen) atoms. The number of carbonyl (C=O) groups excluding carboxylic acids is 1. The number of aliphatic hydroxyl groups excluding tert-OH is 2. The van der Waals surface area contributed by atoms with Crippen molar-refractivity contribution in [3.63, 3.8) is 0 Å². The molecule has 0 aliphatic rings. The summed E-state index contributed by atoms with van der Waals surface area (Å²) < 4.78 is 0. The molecule has 0 aliphatic carbocycles. The van der Waals surface area contributed by atoms with E-state index in [1.807, 2.05) is 18.2 Å². The number of rotatable bonds is 5. The van der Waals surface area contributed by atoms with Crippen LogP contribution in [0.4, 0.5) is 0 Å². The average molecular weight is 292 g/mol. The van der Waals surface area contributed by atoms with E-state index in [0.29, 0.717) is 5.56 Å². The number of nitrogens with zero attached hydrogens (tertiary/aromatic N) is 1. The van der Waals surface area contributed by atoms with Gasteiger partial charge in [0.15, 0.2) is 5.12 Å². The SMILES string of the molecule is CC(=O)SCC(O)C(O)c1ccc(-c2ccn[nH]2)cc1. The monoisotopic (exact) mass is 292 g/mol. The molecule has 1 aromatic carbocycles. The highest BCUT2D eigenvalue weighted by molar-refractivity contribution is 8.13. The minimum atomic E-state index is -1.00. The fourth-order valence-corrected chi connectivity index (χ4v) is 2.38. The van der Waals surface area contributed by atoms with Gasteiger partial charge in [-0.05, 0) is 17.2 Å². The average Bonchev–Trinajstić information content (AvgIpc) is 2.98. The lowest BCUT2D eigenvalue weighted by atomic mass is 10.0. The summed E-state index contributed by atoms with van der Waals surface area (Å²) in [5, 5.41) is 26.5. The van der Waals surface area contributed by atoms with Crippen LogP contribution in [-0.4, -0.2) is 37.4 Å². The Hall–Kier alpha value is -1.63. The smallest absolute Gasteiger partial charge is 0.185 e. The van der Waals surface area contributed by atoms with Crippen LogP contribution in [0.3, 0.4) is 0 Å². The molecular weight excluding hydrogens is 276 g/mol. The Kier molecular flexibility index (Phi) is 4.94. The predicted octanol–water partition coefficient (Wildman–Crippen LogP) is 1.75. The number of thioether (sulfide) groups is 1. The third kappa shape index (κ3) is 3.69. The van der Waals surface area contributed by atoms with Crippen molar-refractivity contribution in [3.8, 4) is 11.3 Å². The number of aromatic nitrogens is 2. The molecule has 2 rings (SSSR count). The van der Waals surface area contributed by atoms with Crippen molar-refractivity contribution in [2.75, 3.05) is 5.75 Å². The Morgan fingerprint density at radius 1 is 1.30 bits per heavy atom. The first-order valence-electron chi connectivity index (χ1n) is 6.17. The molecule has 0 aliphatic heterocycles. The number of aliphatic hydroxyl groups is 2. The molecule has 2 atom stereocenters. The summed E-state index contributed by atoms with van der Waals surface area (Å²) >= 11 is 1.00. The van der Waals surface area contributed by atoms with Crippen molar-refractivity contribution in [2.45, 2.75) is 19.1 Å². The molecule has 3 N–H and O–H groups in total. The normalized spacial score (nSPS) is 13.9. The standard InChI is InChI=1S/C14H16N2O3S/c1-9(17)20-8-13(18)14(19)11-4-2-10(3-5-11)12-6-7-15-16-12/h2-7,13-14,18-19H,8H2,1H3,(H,15,16). The molecule has 0 radical (unpaired) electrons. The Balaban J connectivity index is 2.03. The summed E-state index contributed by atoms with van der Waals surface area (Å²) in [7, 11) is 0. The van der Waals surface area contributed by atoms with Crippen LogP contribution < -0.4 is 0 Å². The summed E-state index contributed by atoms with van der Waals surface area (Å²) in [6, 6.07) is 9.04. The van der Waals surface area contributed by atoms with Gasteiger partial charge in [-0.15, -0.1) is 0 Å². The van der Waals surface area contributed by atoms with Crippen LogP contribution in [-0.2, 0) is 4.79 Å². The molecule has 1 heterocycles. The first-order chi connectivity index (χ1) is 9.58. The number of aromatic amines is 1. The molecule has 6 heteroatoms. The topological polar surface area (TPSA) is 86.2 Å². The van der Waals surface area contributed by atoms with Crippen molar-refractivity contribution >= 4 is 16.9 Å². The number of nitrogens with one attached hydrogen (secondary N) is 1. The van der Waals surface area contributed by atoms with Gasteiger partial charge >= 0.3 is 0 Å². The van der Waals surface area contributed by atoms with Crippen LogP contribution >= 0.6 is 11.8 Å². The lowest BCUT2D eigenvalue weighted by molar-refractivity contribution is -0.109. The maximum atomic E-state index is 10.8. The van der Waals surface area contributed by atoms with Gasteiger partial charge in [0.1, 0.15) is 6.10 Å². The van der Waals surface area contributed by atoms with E-state index >= 15 is 0 Å². The van der Waals surface area contributed by atoms with Gasteiger partial charge in [0.05, 0.1) is 11.8 Å². The van der Waals surface area contributed by atoms with Crippen molar-refractivity contribution in [1.82, 2.24) is 10.2 Å². The zero-order valence-corrected chi connectivity index (χ0v) is 11.8. The molecule has 0 spiro atoms. The highest BCUT2D eigenvalue weighted by Gasteiger charge is 2.19. The number of H-pyrrole nitrogens is 1. The summed E-state index contributed by atoms with van der Waals surface area (Å²) in [4.78, 5) is 10.8. The Labute approximate surface area is 121 Å². The largest absolute Gasteiger partial charge is 0.389 e. The fourth-order valence-electron chi connectivity index (χ4n) is 1.79. The highest BCUT2D eigenvalue weighted by atomic mass is 32.2. The Morgan fingerprint density at radius 3 is 2.55 bits per heavy atom. The summed E-state index contributed by atoms with van der Waals surface area (Å²) in [5.74, 6) is 0.179. The van der Waals surface area contributed by atoms with Crippen LogP contribution in [0.5, 0.6) is 0 Å². The van der Waals surface area contributed by atoms with Crippen molar-refractivity contribution in [1.29, 1.82) is 0 Å². The second kappa shape index (κ2) is 6.69. The van der Waals surface area contributed by atoms with Crippen molar-refractivity contribution in [3.05, 3.63) is 42.1 Å². The van der Waals surface area contributed by atoms with E-state index < -0.39 is 12.2 Å². The first kappa shape index (κ1) is 14.8. The van der Waals surface area contributed by atoms with Gasteiger partial charge in [-0.25, -0.2) is 0 Å². The summed E-state index contributed by atoms with van der Waals surface area (Å²) in [5.41, 5.74) is 2.45. The lowest BCUT2D eigenvalue weighted by Crippen LogP contribution is -2.21. The van der Waals surface area contributed by atoms with Crippen LogP contribution in [0.2, 0.25) is 0 Å². The first-order valence-corrected chi connectivity index (χ1v) is 7.15. The quantitative estimate of drug-likeness (QED) is 0.781. The Morgan fingerprint density at radius 2 is 2.00 bits per heavy atom. The fraction of sp³-hybridized carbons (Fsp3) is 0.286. The number of hydrogen-bond donors (Lipinski definition) is 3. The van der Waals surface area contributed by atoms with Gasteiger partial charge in [-0.2, -0.15) is 5.10 Å². The molecule has 2 aromatic rings. The Bertz CT molecular complexity index is 554. The third-order valence-electron chi connectivity index (χ3n) is 2.89. The van der Waals surface area contributed by atoms with E-state index in [-0.39, 0.29) is 10.9 Å². The lowest BCUT2D eigenvalue weighted by Gasteiger charge is -2.17. The van der Waals surface area contributed by atoms with Gasteiger partial charge < -0.3 is 10.2 Å². The van der Waals surface area contributed by atoms with E-state index in [0.717, 1.165) is 23.0 Å². The van der Waals surface area contributed by atoms with Crippen LogP contribution in [0.15, 0.2) is 36.5 Å². The zero-order chi connectivity index (χ0) is 14.5. The molecule has 106 valence electrons. The van der Waals surface area contributed by atoms with Crippen LogP contribution in [0, 0.1) is 0 Å². The number of benzene rings is 1. The molecule has 0 fully saturated rings. The molecule has 5 nitrogen and oxygen atoms in total. The molecule has 2 unspecified atom stereocenters. The molecule has 0 amide bonds. The van der Waals surface area contributed by atoms with Gasteiger partial charge in [0.25, 0.3) is 0 Å². The molecule has 0 saturated carbocycles. The van der Waals surface area contributed by atoms with E-state index in [9.17, 15) is 15.0 Å². The maximum Gasteiger partial charge on any atom is 0.185 e. The second-order valence-corrected chi connectivity index (χ2v) is 5.60. The zero-order valence-electron chi connectivity index (χ0n) is 11.0. The predicted molar refractivity (Wildman–Crippen MR) is 78.1 cm³/mol. The van der Waals surface area contributed by atoms with Gasteiger partial charge in [-0.1, -0.05) is 36.0 Å². The number of hydrogen-bond acceptors (Lipinski definition) is 5. The van der Waals surface area contributed by atoms with Gasteiger partial charge in [0, 0.05) is 18.9 Å². The molecule has 1 aromatic heterocycles. The molecule has 0 bridgehead atoms. The third-order valence-corrected chi connectivity index (χ3v) is 3.80. The maximum absolute atomic E-state index is 10.8. The minimum Gasteiger partial charge on any atom is -0.389 e. The van der Waals surface area contributed by atoms with Crippen molar-refractivity contribution in [2.24, 2.45) is 0 Å². The van der Waals surface area contributed by atoms with Crippen molar-refractivity contribution < 1.29 is 15.0 Å². The molecule has 0 saturated heterocycles. The summed E-state index contributed by atoms with van der Waals surface area (Å²) in [6.45, 7) is 1.43. The summed E-state index contributed by atoms with van der Waals surface area (Å²) in [6.07, 6.45) is -0.305. The van der Waals surface area contributed by atoms with Gasteiger partial charge in [-0.3, -0.25) is 9.89 Å². The van der Waals surface area contributed by atoms with Gasteiger partial charge in [0.2, 0.25) is 0 Å². The highest BCUT2D eigenvalue weighted by Crippen LogP contribution is 2.23. The molecular formula is C14H16N2O3S. The number of carbonyl (C=O) groups is 1. The van der Waals surface area contributed by atoms with E-state index in [1.54, 1.807) is 18.3 Å². The van der Waals surface area contributed by atoms with Crippen LogP contribution in [0.1, 0.15) is 18.6 Å². The minimum absolute atomic E-state index is 0.0779. The van der Waals surface area contributed by atoms with E-state index in [2.05, 4.69) is 10.2 Å². The van der Waals surface area contributed by atoms with E-state index in [4.69, 9.17) is 0 Å².